The van der Waals surface area contributed by atoms with Gasteiger partial charge in [0, 0.05) is 13.0 Å². The first-order valence-electron chi connectivity index (χ1n) is 7.06. The minimum absolute atomic E-state index is 0.179. The van der Waals surface area contributed by atoms with E-state index in [1.54, 1.807) is 0 Å². The van der Waals surface area contributed by atoms with Gasteiger partial charge in [0.1, 0.15) is 0 Å². The van der Waals surface area contributed by atoms with Crippen LogP contribution in [0.25, 0.3) is 0 Å². The van der Waals surface area contributed by atoms with Crippen LogP contribution in [-0.2, 0) is 4.79 Å². The second-order valence-electron chi connectivity index (χ2n) is 5.73. The molecule has 1 rings (SSSR count). The molecule has 0 saturated heterocycles. The van der Waals surface area contributed by atoms with Gasteiger partial charge in [-0.3, -0.25) is 4.79 Å². The topological polar surface area (TPSA) is 55.1 Å². The zero-order chi connectivity index (χ0) is 12.9. The van der Waals surface area contributed by atoms with Crippen LogP contribution in [0.2, 0.25) is 0 Å². The van der Waals surface area contributed by atoms with Gasteiger partial charge in [-0.25, -0.2) is 0 Å². The Bertz CT molecular complexity index is 240. The number of hydrogen-bond donors (Lipinski definition) is 2. The highest BCUT2D eigenvalue weighted by molar-refractivity contribution is 5.77. The molecule has 2 unspecified atom stereocenters. The Kier molecular flexibility index (Phi) is 5.44. The maximum Gasteiger partial charge on any atom is 0.220 e. The van der Waals surface area contributed by atoms with Gasteiger partial charge in [0.2, 0.25) is 5.91 Å². The summed E-state index contributed by atoms with van der Waals surface area (Å²) in [6.07, 6.45) is 6.21. The van der Waals surface area contributed by atoms with E-state index in [2.05, 4.69) is 26.1 Å². The molecule has 3 nitrogen and oxygen atoms in total. The van der Waals surface area contributed by atoms with Gasteiger partial charge in [-0.2, -0.15) is 0 Å². The van der Waals surface area contributed by atoms with Crippen LogP contribution in [0.1, 0.15) is 59.3 Å². The number of hydrogen-bond acceptors (Lipinski definition) is 2. The number of carbonyl (C=O) groups is 1. The van der Waals surface area contributed by atoms with Gasteiger partial charge < -0.3 is 11.1 Å². The summed E-state index contributed by atoms with van der Waals surface area (Å²) in [5, 5.41) is 3.16. The van der Waals surface area contributed by atoms with Crippen molar-refractivity contribution >= 4 is 5.91 Å². The van der Waals surface area contributed by atoms with Crippen molar-refractivity contribution in [3.63, 3.8) is 0 Å². The summed E-state index contributed by atoms with van der Waals surface area (Å²) >= 11 is 0. The van der Waals surface area contributed by atoms with Gasteiger partial charge in [0.25, 0.3) is 0 Å². The lowest BCUT2D eigenvalue weighted by atomic mass is 9.92. The zero-order valence-corrected chi connectivity index (χ0v) is 11.6. The molecule has 1 aliphatic rings. The van der Waals surface area contributed by atoms with Crippen LogP contribution in [0.15, 0.2) is 0 Å². The molecule has 2 atom stereocenters. The lowest BCUT2D eigenvalue weighted by Crippen LogP contribution is -2.53. The number of carbonyl (C=O) groups excluding carboxylic acids is 1. The predicted molar refractivity (Wildman–Crippen MR) is 71.6 cm³/mol. The molecule has 100 valence electrons. The van der Waals surface area contributed by atoms with Gasteiger partial charge in [-0.1, -0.05) is 27.2 Å². The molecule has 0 spiro atoms. The van der Waals surface area contributed by atoms with Crippen molar-refractivity contribution in [2.75, 3.05) is 6.54 Å². The molecule has 0 aliphatic heterocycles. The Balaban J connectivity index is 2.42. The zero-order valence-electron chi connectivity index (χ0n) is 11.6. The highest BCUT2D eigenvalue weighted by atomic mass is 16.1. The van der Waals surface area contributed by atoms with Crippen LogP contribution in [0.4, 0.5) is 0 Å². The van der Waals surface area contributed by atoms with Crippen molar-refractivity contribution in [1.82, 2.24) is 5.32 Å². The fourth-order valence-corrected chi connectivity index (χ4v) is 2.89. The molecular formula is C14H28N2O. The summed E-state index contributed by atoms with van der Waals surface area (Å²) in [5.74, 6) is 1.58. The van der Waals surface area contributed by atoms with Crippen LogP contribution in [0, 0.1) is 11.8 Å². The monoisotopic (exact) mass is 240 g/mol. The first kappa shape index (κ1) is 14.5. The standard InChI is InChI=1S/C14H28N2O/c1-4-14(5-2,10-15)16-13(17)9-12-7-6-11(3)8-12/h11-12H,4-10,15H2,1-3H3,(H,16,17). The van der Waals surface area contributed by atoms with E-state index < -0.39 is 0 Å². The van der Waals surface area contributed by atoms with Gasteiger partial charge >= 0.3 is 0 Å². The number of nitrogens with one attached hydrogen (secondary N) is 1. The summed E-state index contributed by atoms with van der Waals surface area (Å²) in [7, 11) is 0. The van der Waals surface area contributed by atoms with E-state index in [0.29, 0.717) is 18.9 Å². The smallest absolute Gasteiger partial charge is 0.220 e. The van der Waals surface area contributed by atoms with Crippen LogP contribution in [0.3, 0.4) is 0 Å². The fourth-order valence-electron chi connectivity index (χ4n) is 2.89. The Labute approximate surface area is 106 Å². The van der Waals surface area contributed by atoms with Crippen molar-refractivity contribution in [1.29, 1.82) is 0 Å². The second kappa shape index (κ2) is 6.39. The molecule has 1 fully saturated rings. The first-order chi connectivity index (χ1) is 8.05. The Morgan fingerprint density at radius 1 is 1.35 bits per heavy atom. The molecule has 17 heavy (non-hydrogen) atoms. The molecule has 0 aromatic carbocycles. The number of rotatable bonds is 6. The summed E-state index contributed by atoms with van der Waals surface area (Å²) in [6.45, 7) is 7.00. The normalized spacial score (nSPS) is 24.9. The second-order valence-corrected chi connectivity index (χ2v) is 5.73. The van der Waals surface area contributed by atoms with Gasteiger partial charge in [-0.05, 0) is 37.5 Å². The third-order valence-corrected chi connectivity index (χ3v) is 4.43. The van der Waals surface area contributed by atoms with Crippen LogP contribution in [-0.4, -0.2) is 18.0 Å². The van der Waals surface area contributed by atoms with Crippen molar-refractivity contribution in [2.45, 2.75) is 64.8 Å². The summed E-state index contributed by atoms with van der Waals surface area (Å²) in [6, 6.07) is 0. The molecule has 0 bridgehead atoms. The molecule has 3 heteroatoms. The van der Waals surface area contributed by atoms with Crippen LogP contribution < -0.4 is 11.1 Å². The largest absolute Gasteiger partial charge is 0.349 e. The van der Waals surface area contributed by atoms with Gasteiger partial charge in [0.15, 0.2) is 0 Å². The van der Waals surface area contributed by atoms with E-state index in [1.807, 2.05) is 0 Å². The summed E-state index contributed by atoms with van der Waals surface area (Å²) in [4.78, 5) is 12.0. The summed E-state index contributed by atoms with van der Waals surface area (Å²) < 4.78 is 0. The van der Waals surface area contributed by atoms with E-state index in [4.69, 9.17) is 5.73 Å². The fraction of sp³-hybridized carbons (Fsp3) is 0.929. The lowest BCUT2D eigenvalue weighted by Gasteiger charge is -2.32. The van der Waals surface area contributed by atoms with E-state index in [0.717, 1.165) is 18.8 Å². The van der Waals surface area contributed by atoms with Crippen molar-refractivity contribution in [3.8, 4) is 0 Å². The van der Waals surface area contributed by atoms with E-state index in [1.165, 1.54) is 19.3 Å². The lowest BCUT2D eigenvalue weighted by molar-refractivity contribution is -0.124. The number of amides is 1. The maximum atomic E-state index is 12.0. The van der Waals surface area contributed by atoms with E-state index >= 15 is 0 Å². The quantitative estimate of drug-likeness (QED) is 0.749. The molecule has 1 aliphatic carbocycles. The molecule has 1 saturated carbocycles. The van der Waals surface area contributed by atoms with Crippen LogP contribution >= 0.6 is 0 Å². The third-order valence-electron chi connectivity index (χ3n) is 4.43. The molecule has 0 aromatic heterocycles. The molecular weight excluding hydrogens is 212 g/mol. The third kappa shape index (κ3) is 3.98. The SMILES string of the molecule is CCC(CC)(CN)NC(=O)CC1CCC(C)C1. The van der Waals surface area contributed by atoms with E-state index in [-0.39, 0.29) is 11.4 Å². The predicted octanol–water partition coefficient (Wildman–Crippen LogP) is 2.45. The first-order valence-corrected chi connectivity index (χ1v) is 7.06. The van der Waals surface area contributed by atoms with Crippen LogP contribution in [0.5, 0.6) is 0 Å². The molecule has 1 amide bonds. The Hall–Kier alpha value is -0.570. The minimum Gasteiger partial charge on any atom is -0.349 e. The minimum atomic E-state index is -0.179. The Morgan fingerprint density at radius 3 is 2.41 bits per heavy atom. The van der Waals surface area contributed by atoms with Crippen molar-refractivity contribution in [3.05, 3.63) is 0 Å². The average molecular weight is 240 g/mol. The summed E-state index contributed by atoms with van der Waals surface area (Å²) in [5.41, 5.74) is 5.61. The average Bonchev–Trinajstić information content (AvgIpc) is 2.72. The molecule has 0 radical (unpaired) electrons. The molecule has 3 N–H and O–H groups in total. The van der Waals surface area contributed by atoms with Gasteiger partial charge in [-0.15, -0.1) is 0 Å². The highest BCUT2D eigenvalue weighted by Gasteiger charge is 2.29. The maximum absolute atomic E-state index is 12.0. The van der Waals surface area contributed by atoms with Gasteiger partial charge in [0.05, 0.1) is 5.54 Å². The van der Waals surface area contributed by atoms with E-state index in [9.17, 15) is 4.79 Å². The Morgan fingerprint density at radius 2 is 2.00 bits per heavy atom. The molecule has 0 heterocycles. The van der Waals surface area contributed by atoms with Crippen molar-refractivity contribution in [2.24, 2.45) is 17.6 Å². The molecule has 0 aromatic rings. The highest BCUT2D eigenvalue weighted by Crippen LogP contribution is 2.32. The number of nitrogens with two attached hydrogens (primary N) is 1. The van der Waals surface area contributed by atoms with Crippen molar-refractivity contribution < 1.29 is 4.79 Å².